The van der Waals surface area contributed by atoms with E-state index in [1.165, 1.54) is 58.0 Å². The van der Waals surface area contributed by atoms with E-state index in [1.54, 1.807) is 0 Å². The molecule has 2 fully saturated rings. The van der Waals surface area contributed by atoms with Gasteiger partial charge in [-0.15, -0.1) is 0 Å². The molecule has 2 heteroatoms. The zero-order valence-corrected chi connectivity index (χ0v) is 16.1. The van der Waals surface area contributed by atoms with Gasteiger partial charge in [-0.05, 0) is 50.7 Å². The molecule has 1 aliphatic heterocycles. The Kier molecular flexibility index (Phi) is 12.9. The van der Waals surface area contributed by atoms with E-state index in [0.717, 1.165) is 24.0 Å². The van der Waals surface area contributed by atoms with Gasteiger partial charge >= 0.3 is 0 Å². The van der Waals surface area contributed by atoms with Crippen molar-refractivity contribution in [1.82, 2.24) is 4.90 Å². The van der Waals surface area contributed by atoms with Crippen molar-refractivity contribution < 1.29 is 4.79 Å². The van der Waals surface area contributed by atoms with Gasteiger partial charge in [-0.1, -0.05) is 66.7 Å². The smallest absolute Gasteiger partial charge is 0.122 e. The van der Waals surface area contributed by atoms with E-state index in [4.69, 9.17) is 0 Å². The number of carbonyl (C=O) groups is 1. The molecular weight excluding hydrogens is 270 g/mol. The van der Waals surface area contributed by atoms with Crippen LogP contribution < -0.4 is 0 Å². The zero-order valence-electron chi connectivity index (χ0n) is 16.1. The summed E-state index contributed by atoms with van der Waals surface area (Å²) in [5.74, 6) is 3.17. The summed E-state index contributed by atoms with van der Waals surface area (Å²) >= 11 is 0. The van der Waals surface area contributed by atoms with E-state index in [0.29, 0.717) is 0 Å². The Balaban J connectivity index is 0.000000315. The van der Waals surface area contributed by atoms with Crippen molar-refractivity contribution in [1.29, 1.82) is 0 Å². The minimum Gasteiger partial charge on any atom is -0.306 e. The molecule has 0 atom stereocenters. The molecule has 0 bridgehead atoms. The highest BCUT2D eigenvalue weighted by Gasteiger charge is 2.15. The molecule has 1 saturated carbocycles. The summed E-state index contributed by atoms with van der Waals surface area (Å²) in [7, 11) is 2.20. The van der Waals surface area contributed by atoms with Crippen LogP contribution >= 0.6 is 0 Å². The number of likely N-dealkylation sites (tertiary alicyclic amines) is 1. The Bertz CT molecular complexity index is 238. The quantitative estimate of drug-likeness (QED) is 0.635. The minimum absolute atomic E-state index is 0.204. The molecular formula is C20H41NO. The molecule has 1 saturated heterocycles. The lowest BCUT2D eigenvalue weighted by molar-refractivity contribution is -0.110. The van der Waals surface area contributed by atoms with Gasteiger partial charge in [0.15, 0.2) is 0 Å². The van der Waals surface area contributed by atoms with E-state index < -0.39 is 0 Å². The van der Waals surface area contributed by atoms with Gasteiger partial charge in [-0.3, -0.25) is 0 Å². The highest BCUT2D eigenvalue weighted by Crippen LogP contribution is 2.29. The number of aldehydes is 1. The normalized spacial score (nSPS) is 20.9. The van der Waals surface area contributed by atoms with Gasteiger partial charge < -0.3 is 9.69 Å². The van der Waals surface area contributed by atoms with Crippen LogP contribution in [0.3, 0.4) is 0 Å². The number of piperidine rings is 1. The van der Waals surface area contributed by atoms with Crippen LogP contribution in [-0.4, -0.2) is 31.3 Å². The second-order valence-electron chi connectivity index (χ2n) is 8.01. The third kappa shape index (κ3) is 12.2. The number of rotatable bonds is 2. The van der Waals surface area contributed by atoms with Gasteiger partial charge in [0.25, 0.3) is 0 Å². The lowest BCUT2D eigenvalue weighted by Crippen LogP contribution is -2.28. The van der Waals surface area contributed by atoms with Crippen LogP contribution in [0.2, 0.25) is 0 Å². The summed E-state index contributed by atoms with van der Waals surface area (Å²) in [6, 6.07) is 0. The molecule has 2 nitrogen and oxygen atoms in total. The summed E-state index contributed by atoms with van der Waals surface area (Å²) in [5, 5.41) is 0. The number of hydrogen-bond acceptors (Lipinski definition) is 2. The summed E-state index contributed by atoms with van der Waals surface area (Å²) in [6.45, 7) is 13.4. The number of carbonyl (C=O) groups excluding carboxylic acids is 1. The Hall–Kier alpha value is -0.370. The van der Waals surface area contributed by atoms with E-state index in [2.05, 4.69) is 32.7 Å². The molecule has 1 heterocycles. The lowest BCUT2D eigenvalue weighted by atomic mass is 9.82. The molecule has 0 aromatic rings. The highest BCUT2D eigenvalue weighted by atomic mass is 16.1. The molecule has 0 aromatic heterocycles. The molecule has 2 rings (SSSR count). The van der Waals surface area contributed by atoms with Gasteiger partial charge in [-0.2, -0.15) is 0 Å². The Morgan fingerprint density at radius 2 is 1.36 bits per heavy atom. The largest absolute Gasteiger partial charge is 0.306 e. The zero-order chi connectivity index (χ0) is 17.0. The Morgan fingerprint density at radius 3 is 1.64 bits per heavy atom. The van der Waals surface area contributed by atoms with Crippen molar-refractivity contribution in [2.24, 2.45) is 23.7 Å². The molecule has 0 N–H and O–H groups in total. The van der Waals surface area contributed by atoms with Crippen molar-refractivity contribution in [2.75, 3.05) is 20.1 Å². The van der Waals surface area contributed by atoms with Crippen LogP contribution in [0.4, 0.5) is 0 Å². The SMILES string of the molecule is CC(C)C1CCCCC1.CC(C)C=O.CC1CCN(C)CC1. The molecule has 2 aliphatic rings. The van der Waals surface area contributed by atoms with Gasteiger partial charge in [0.2, 0.25) is 0 Å². The second kappa shape index (κ2) is 13.1. The molecule has 1 aliphatic carbocycles. The van der Waals surface area contributed by atoms with Crippen LogP contribution in [0.25, 0.3) is 0 Å². The lowest BCUT2D eigenvalue weighted by Gasteiger charge is -2.26. The molecule has 132 valence electrons. The molecule has 0 aromatic carbocycles. The number of hydrogen-bond donors (Lipinski definition) is 0. The highest BCUT2D eigenvalue weighted by molar-refractivity contribution is 5.51. The maximum Gasteiger partial charge on any atom is 0.122 e. The molecule has 0 radical (unpaired) electrons. The van der Waals surface area contributed by atoms with Crippen molar-refractivity contribution in [3.05, 3.63) is 0 Å². The van der Waals surface area contributed by atoms with Crippen molar-refractivity contribution in [3.63, 3.8) is 0 Å². The maximum absolute atomic E-state index is 9.50. The van der Waals surface area contributed by atoms with Crippen molar-refractivity contribution >= 4 is 6.29 Å². The topological polar surface area (TPSA) is 20.3 Å². The number of nitrogens with zero attached hydrogens (tertiary/aromatic N) is 1. The predicted octanol–water partition coefficient (Wildman–Crippen LogP) is 5.41. The van der Waals surface area contributed by atoms with E-state index in [9.17, 15) is 4.79 Å². The average Bonchev–Trinajstić information content (AvgIpc) is 2.52. The van der Waals surface area contributed by atoms with Gasteiger partial charge in [-0.25, -0.2) is 0 Å². The second-order valence-corrected chi connectivity index (χ2v) is 8.01. The van der Waals surface area contributed by atoms with E-state index >= 15 is 0 Å². The molecule has 0 spiro atoms. The van der Waals surface area contributed by atoms with Gasteiger partial charge in [0.1, 0.15) is 6.29 Å². The summed E-state index contributed by atoms with van der Waals surface area (Å²) in [4.78, 5) is 11.9. The van der Waals surface area contributed by atoms with Crippen LogP contribution in [-0.2, 0) is 4.79 Å². The fraction of sp³-hybridized carbons (Fsp3) is 0.950. The van der Waals surface area contributed by atoms with Crippen LogP contribution in [0.1, 0.15) is 79.6 Å². The van der Waals surface area contributed by atoms with E-state index in [1.807, 2.05) is 13.8 Å². The van der Waals surface area contributed by atoms with E-state index in [-0.39, 0.29) is 5.92 Å². The Labute approximate surface area is 140 Å². The average molecular weight is 312 g/mol. The summed E-state index contributed by atoms with van der Waals surface area (Å²) in [5.41, 5.74) is 0. The van der Waals surface area contributed by atoms with Gasteiger partial charge in [0, 0.05) is 5.92 Å². The first-order valence-corrected chi connectivity index (χ1v) is 9.50. The van der Waals surface area contributed by atoms with Crippen LogP contribution in [0.15, 0.2) is 0 Å². The minimum atomic E-state index is 0.204. The monoisotopic (exact) mass is 311 g/mol. The molecule has 0 unspecified atom stereocenters. The first-order valence-electron chi connectivity index (χ1n) is 9.50. The standard InChI is InChI=1S/C9H18.C7H15N.C4H8O/c1-8(2)9-6-4-3-5-7-9;1-7-3-5-8(2)6-4-7;1-4(2)3-5/h8-9H,3-7H2,1-2H3;7H,3-6H2,1-2H3;3-4H,1-2H3. The summed E-state index contributed by atoms with van der Waals surface area (Å²) < 4.78 is 0. The first kappa shape index (κ1) is 21.6. The van der Waals surface area contributed by atoms with Crippen molar-refractivity contribution in [2.45, 2.75) is 79.6 Å². The molecule has 0 amide bonds. The van der Waals surface area contributed by atoms with Gasteiger partial charge in [0.05, 0.1) is 0 Å². The van der Waals surface area contributed by atoms with Crippen LogP contribution in [0.5, 0.6) is 0 Å². The maximum atomic E-state index is 9.50. The Morgan fingerprint density at radius 1 is 0.909 bits per heavy atom. The predicted molar refractivity (Wildman–Crippen MR) is 98.2 cm³/mol. The first-order chi connectivity index (χ1) is 10.4. The summed E-state index contributed by atoms with van der Waals surface area (Å²) in [6.07, 6.45) is 11.2. The van der Waals surface area contributed by atoms with Crippen LogP contribution in [0, 0.1) is 23.7 Å². The fourth-order valence-electron chi connectivity index (χ4n) is 2.94. The third-order valence-corrected chi connectivity index (χ3v) is 4.87. The third-order valence-electron chi connectivity index (χ3n) is 4.87. The molecule has 22 heavy (non-hydrogen) atoms. The fourth-order valence-corrected chi connectivity index (χ4v) is 2.94. The van der Waals surface area contributed by atoms with Crippen molar-refractivity contribution in [3.8, 4) is 0 Å².